The third-order valence-corrected chi connectivity index (χ3v) is 5.17. The van der Waals surface area contributed by atoms with Crippen molar-refractivity contribution in [3.8, 4) is 0 Å². The average molecular weight is 299 g/mol. The predicted molar refractivity (Wildman–Crippen MR) is 89.5 cm³/mol. The fourth-order valence-electron chi connectivity index (χ4n) is 3.02. The summed E-state index contributed by atoms with van der Waals surface area (Å²) in [7, 11) is 0. The van der Waals surface area contributed by atoms with Gasteiger partial charge in [0.15, 0.2) is 5.96 Å². The molecule has 2 aliphatic heterocycles. The quantitative estimate of drug-likeness (QED) is 0.478. The molecule has 2 aliphatic rings. The van der Waals surface area contributed by atoms with E-state index in [4.69, 9.17) is 5.73 Å². The minimum Gasteiger partial charge on any atom is -0.370 e. The lowest BCUT2D eigenvalue weighted by molar-refractivity contribution is 0.181. The summed E-state index contributed by atoms with van der Waals surface area (Å²) in [5.74, 6) is 4.01. The van der Waals surface area contributed by atoms with Crippen molar-refractivity contribution in [3.05, 3.63) is 0 Å². The van der Waals surface area contributed by atoms with E-state index in [2.05, 4.69) is 21.7 Å². The zero-order valence-corrected chi connectivity index (χ0v) is 13.7. The summed E-state index contributed by atoms with van der Waals surface area (Å²) in [6.07, 6.45) is 5.19. The number of hydrogen-bond donors (Lipinski definition) is 1. The molecule has 116 valence electrons. The molecule has 2 fully saturated rings. The molecule has 20 heavy (non-hydrogen) atoms. The maximum absolute atomic E-state index is 6.05. The predicted octanol–water partition coefficient (Wildman–Crippen LogP) is 1.86. The Labute approximate surface area is 128 Å². The highest BCUT2D eigenvalue weighted by Crippen LogP contribution is 2.15. The number of piperidine rings is 1. The molecule has 0 spiro atoms. The summed E-state index contributed by atoms with van der Waals surface area (Å²) in [4.78, 5) is 9.38. The maximum Gasteiger partial charge on any atom is 0.191 e. The first kappa shape index (κ1) is 16.0. The first-order valence-corrected chi connectivity index (χ1v) is 9.26. The Morgan fingerprint density at radius 3 is 2.80 bits per heavy atom. The molecule has 1 unspecified atom stereocenters. The van der Waals surface area contributed by atoms with Crippen LogP contribution in [0.3, 0.4) is 0 Å². The largest absolute Gasteiger partial charge is 0.370 e. The number of rotatable bonds is 5. The van der Waals surface area contributed by atoms with Gasteiger partial charge in [-0.25, -0.2) is 0 Å². The van der Waals surface area contributed by atoms with Crippen LogP contribution in [0.25, 0.3) is 0 Å². The topological polar surface area (TPSA) is 44.9 Å². The van der Waals surface area contributed by atoms with Crippen LogP contribution >= 0.6 is 11.8 Å². The molecule has 0 bridgehead atoms. The van der Waals surface area contributed by atoms with Crippen LogP contribution in [0.4, 0.5) is 0 Å². The van der Waals surface area contributed by atoms with E-state index in [1.165, 1.54) is 50.4 Å². The SMILES string of the molecule is CC1CCCN(CCCCN=C(N)N2CCSCC2)C1. The van der Waals surface area contributed by atoms with E-state index in [0.29, 0.717) is 0 Å². The molecule has 2 heterocycles. The van der Waals surface area contributed by atoms with Crippen molar-refractivity contribution in [1.29, 1.82) is 0 Å². The molecule has 2 saturated heterocycles. The van der Waals surface area contributed by atoms with E-state index in [-0.39, 0.29) is 0 Å². The number of unbranched alkanes of at least 4 members (excludes halogenated alkanes) is 1. The molecule has 0 radical (unpaired) electrons. The standard InChI is InChI=1S/C15H30N4S/c1-14-5-4-8-18(13-14)7-3-2-6-17-15(16)19-9-11-20-12-10-19/h14H,2-13H2,1H3,(H2,16,17). The molecule has 0 saturated carbocycles. The molecule has 0 aromatic carbocycles. The zero-order valence-electron chi connectivity index (χ0n) is 12.9. The molecule has 0 aromatic heterocycles. The number of hydrogen-bond acceptors (Lipinski definition) is 3. The summed E-state index contributed by atoms with van der Waals surface area (Å²) in [5.41, 5.74) is 6.05. The first-order chi connectivity index (χ1) is 9.75. The lowest BCUT2D eigenvalue weighted by Gasteiger charge is -2.30. The number of guanidine groups is 1. The van der Waals surface area contributed by atoms with Crippen LogP contribution in [0.5, 0.6) is 0 Å². The molecular weight excluding hydrogens is 268 g/mol. The normalized spacial score (nSPS) is 25.9. The minimum atomic E-state index is 0.761. The van der Waals surface area contributed by atoms with Crippen molar-refractivity contribution in [2.75, 3.05) is 50.8 Å². The summed E-state index contributed by atoms with van der Waals surface area (Å²) in [6, 6.07) is 0. The molecule has 2 rings (SSSR count). The van der Waals surface area contributed by atoms with Gasteiger partial charge in [0, 0.05) is 37.7 Å². The van der Waals surface area contributed by atoms with Gasteiger partial charge in [-0.15, -0.1) is 0 Å². The van der Waals surface area contributed by atoms with Crippen molar-refractivity contribution in [3.63, 3.8) is 0 Å². The van der Waals surface area contributed by atoms with E-state index in [9.17, 15) is 0 Å². The summed E-state index contributed by atoms with van der Waals surface area (Å²) >= 11 is 2.01. The highest BCUT2D eigenvalue weighted by molar-refractivity contribution is 7.99. The maximum atomic E-state index is 6.05. The van der Waals surface area contributed by atoms with Gasteiger partial charge in [0.25, 0.3) is 0 Å². The van der Waals surface area contributed by atoms with Gasteiger partial charge < -0.3 is 15.5 Å². The lowest BCUT2D eigenvalue weighted by Crippen LogP contribution is -2.42. The lowest BCUT2D eigenvalue weighted by atomic mass is 10.0. The van der Waals surface area contributed by atoms with Crippen LogP contribution in [0, 0.1) is 5.92 Å². The molecule has 1 atom stereocenters. The van der Waals surface area contributed by atoms with Crippen molar-refractivity contribution in [2.24, 2.45) is 16.6 Å². The van der Waals surface area contributed by atoms with Gasteiger partial charge in [0.1, 0.15) is 0 Å². The van der Waals surface area contributed by atoms with Gasteiger partial charge >= 0.3 is 0 Å². The van der Waals surface area contributed by atoms with Crippen molar-refractivity contribution < 1.29 is 0 Å². The molecule has 2 N–H and O–H groups in total. The molecular formula is C15H30N4S. The van der Waals surface area contributed by atoms with Crippen molar-refractivity contribution >= 4 is 17.7 Å². The third kappa shape index (κ3) is 5.52. The van der Waals surface area contributed by atoms with Crippen molar-refractivity contribution in [2.45, 2.75) is 32.6 Å². The monoisotopic (exact) mass is 298 g/mol. The van der Waals surface area contributed by atoms with Gasteiger partial charge in [0.05, 0.1) is 0 Å². The Morgan fingerprint density at radius 2 is 2.05 bits per heavy atom. The van der Waals surface area contributed by atoms with Crippen LogP contribution in [0.2, 0.25) is 0 Å². The van der Waals surface area contributed by atoms with Crippen LogP contribution < -0.4 is 5.73 Å². The van der Waals surface area contributed by atoms with Crippen LogP contribution in [0.15, 0.2) is 4.99 Å². The van der Waals surface area contributed by atoms with E-state index < -0.39 is 0 Å². The Kier molecular flexibility index (Phi) is 7.00. The zero-order chi connectivity index (χ0) is 14.2. The summed E-state index contributed by atoms with van der Waals surface area (Å²) < 4.78 is 0. The summed E-state index contributed by atoms with van der Waals surface area (Å²) in [6.45, 7) is 9.20. The van der Waals surface area contributed by atoms with E-state index >= 15 is 0 Å². The van der Waals surface area contributed by atoms with E-state index in [1.54, 1.807) is 0 Å². The third-order valence-electron chi connectivity index (χ3n) is 4.23. The second-order valence-electron chi connectivity index (χ2n) is 6.09. The van der Waals surface area contributed by atoms with Crippen molar-refractivity contribution in [1.82, 2.24) is 9.80 Å². The second-order valence-corrected chi connectivity index (χ2v) is 7.32. The second kappa shape index (κ2) is 8.78. The molecule has 0 amide bonds. The van der Waals surface area contributed by atoms with Gasteiger partial charge in [-0.05, 0) is 44.7 Å². The van der Waals surface area contributed by atoms with Gasteiger partial charge in [-0.1, -0.05) is 6.92 Å². The molecule has 4 nitrogen and oxygen atoms in total. The Hall–Kier alpha value is -0.420. The number of nitrogens with zero attached hydrogens (tertiary/aromatic N) is 3. The van der Waals surface area contributed by atoms with Crippen LogP contribution in [0.1, 0.15) is 32.6 Å². The highest BCUT2D eigenvalue weighted by Gasteiger charge is 2.15. The van der Waals surface area contributed by atoms with E-state index in [1.807, 2.05) is 11.8 Å². The number of thioether (sulfide) groups is 1. The number of nitrogens with two attached hydrogens (primary N) is 1. The number of aliphatic imine (C=N–C) groups is 1. The molecule has 0 aliphatic carbocycles. The van der Waals surface area contributed by atoms with Gasteiger partial charge in [-0.2, -0.15) is 11.8 Å². The average Bonchev–Trinajstić information content (AvgIpc) is 2.48. The summed E-state index contributed by atoms with van der Waals surface area (Å²) in [5, 5.41) is 0. The number of likely N-dealkylation sites (tertiary alicyclic amines) is 1. The van der Waals surface area contributed by atoms with Gasteiger partial charge in [-0.3, -0.25) is 4.99 Å². The Bertz CT molecular complexity index is 302. The smallest absolute Gasteiger partial charge is 0.191 e. The fourth-order valence-corrected chi connectivity index (χ4v) is 3.93. The Morgan fingerprint density at radius 1 is 1.25 bits per heavy atom. The fraction of sp³-hybridized carbons (Fsp3) is 0.933. The van der Waals surface area contributed by atoms with Gasteiger partial charge in [0.2, 0.25) is 0 Å². The van der Waals surface area contributed by atoms with E-state index in [0.717, 1.165) is 37.9 Å². The molecule has 0 aromatic rings. The van der Waals surface area contributed by atoms with Crippen LogP contribution in [-0.4, -0.2) is 66.5 Å². The van der Waals surface area contributed by atoms with Crippen LogP contribution in [-0.2, 0) is 0 Å². The molecule has 5 heteroatoms. The Balaban J connectivity index is 1.56. The minimum absolute atomic E-state index is 0.761. The first-order valence-electron chi connectivity index (χ1n) is 8.10. The highest BCUT2D eigenvalue weighted by atomic mass is 32.2.